The van der Waals surface area contributed by atoms with Gasteiger partial charge in [0.2, 0.25) is 0 Å². The number of ether oxygens (including phenoxy) is 1. The zero-order valence-corrected chi connectivity index (χ0v) is 17.1. The fourth-order valence-corrected chi connectivity index (χ4v) is 3.57. The molecule has 0 spiro atoms. The number of carboxylic acid groups (broad SMARTS) is 1. The number of carbonyl (C=O) groups is 1. The molecule has 0 radical (unpaired) electrons. The number of hydrogen-bond acceptors (Lipinski definition) is 2. The van der Waals surface area contributed by atoms with Crippen LogP contribution in [0.25, 0.3) is 10.9 Å². The molecule has 1 atom stereocenters. The SMILES string of the molecule is CCCc1c(OC(CC(C)(C)C)c2ccc(C(=O)O)cc2)ccc2[nH]ccc12. The smallest absolute Gasteiger partial charge is 0.335 e. The predicted molar refractivity (Wildman–Crippen MR) is 113 cm³/mol. The molecule has 0 amide bonds. The van der Waals surface area contributed by atoms with E-state index in [1.165, 1.54) is 10.9 Å². The lowest BCUT2D eigenvalue weighted by Gasteiger charge is -2.28. The molecule has 4 nitrogen and oxygen atoms in total. The minimum atomic E-state index is -0.914. The number of benzene rings is 2. The van der Waals surface area contributed by atoms with Gasteiger partial charge in [0.25, 0.3) is 0 Å². The van der Waals surface area contributed by atoms with Crippen molar-refractivity contribution in [3.05, 3.63) is 65.4 Å². The highest BCUT2D eigenvalue weighted by atomic mass is 16.5. The second kappa shape index (κ2) is 8.09. The third kappa shape index (κ3) is 4.56. The number of carboxylic acids is 1. The van der Waals surface area contributed by atoms with Gasteiger partial charge in [-0.05, 0) is 54.2 Å². The first-order valence-corrected chi connectivity index (χ1v) is 9.87. The molecule has 2 N–H and O–H groups in total. The van der Waals surface area contributed by atoms with Crippen molar-refractivity contribution in [1.82, 2.24) is 4.98 Å². The number of aromatic amines is 1. The second-order valence-corrected chi connectivity index (χ2v) is 8.53. The van der Waals surface area contributed by atoms with Crippen molar-refractivity contribution in [3.63, 3.8) is 0 Å². The van der Waals surface area contributed by atoms with Gasteiger partial charge < -0.3 is 14.8 Å². The Morgan fingerprint density at radius 3 is 2.43 bits per heavy atom. The van der Waals surface area contributed by atoms with Crippen LogP contribution in [0.3, 0.4) is 0 Å². The van der Waals surface area contributed by atoms with Crippen LogP contribution < -0.4 is 4.74 Å². The fraction of sp³-hybridized carbons (Fsp3) is 0.375. The first-order valence-electron chi connectivity index (χ1n) is 9.87. The van der Waals surface area contributed by atoms with Crippen LogP contribution in [0.2, 0.25) is 0 Å². The summed E-state index contributed by atoms with van der Waals surface area (Å²) in [6, 6.07) is 13.3. The monoisotopic (exact) mass is 379 g/mol. The zero-order valence-electron chi connectivity index (χ0n) is 17.1. The molecular weight excluding hydrogens is 350 g/mol. The van der Waals surface area contributed by atoms with Gasteiger partial charge in [-0.15, -0.1) is 0 Å². The summed E-state index contributed by atoms with van der Waals surface area (Å²) < 4.78 is 6.58. The minimum Gasteiger partial charge on any atom is -0.485 e. The van der Waals surface area contributed by atoms with Crippen molar-refractivity contribution in [3.8, 4) is 5.75 Å². The molecule has 1 heterocycles. The van der Waals surface area contributed by atoms with E-state index in [4.69, 9.17) is 4.74 Å². The largest absolute Gasteiger partial charge is 0.485 e. The fourth-order valence-electron chi connectivity index (χ4n) is 3.57. The van der Waals surface area contributed by atoms with Crippen LogP contribution in [0.5, 0.6) is 5.75 Å². The van der Waals surface area contributed by atoms with Crippen LogP contribution in [0.1, 0.15) is 68.1 Å². The van der Waals surface area contributed by atoms with Crippen LogP contribution in [0.4, 0.5) is 0 Å². The lowest BCUT2D eigenvalue weighted by molar-refractivity contribution is 0.0696. The summed E-state index contributed by atoms with van der Waals surface area (Å²) >= 11 is 0. The number of aromatic nitrogens is 1. The molecule has 2 aromatic carbocycles. The molecule has 4 heteroatoms. The highest BCUT2D eigenvalue weighted by Crippen LogP contribution is 2.37. The number of H-pyrrole nitrogens is 1. The van der Waals surface area contributed by atoms with E-state index in [-0.39, 0.29) is 11.5 Å². The Labute approximate surface area is 166 Å². The molecule has 28 heavy (non-hydrogen) atoms. The van der Waals surface area contributed by atoms with Gasteiger partial charge in [-0.1, -0.05) is 46.2 Å². The molecule has 3 aromatic rings. The number of fused-ring (bicyclic) bond motifs is 1. The number of aryl methyl sites for hydroxylation is 1. The van der Waals surface area contributed by atoms with Crippen molar-refractivity contribution in [2.24, 2.45) is 5.41 Å². The summed E-state index contributed by atoms with van der Waals surface area (Å²) in [5.74, 6) is -0.00603. The van der Waals surface area contributed by atoms with E-state index in [1.54, 1.807) is 12.1 Å². The minimum absolute atomic E-state index is 0.0687. The van der Waals surface area contributed by atoms with Crippen molar-refractivity contribution in [1.29, 1.82) is 0 Å². The number of rotatable bonds is 7. The molecule has 0 saturated heterocycles. The third-order valence-electron chi connectivity index (χ3n) is 4.90. The van der Waals surface area contributed by atoms with Gasteiger partial charge in [-0.2, -0.15) is 0 Å². The van der Waals surface area contributed by atoms with E-state index in [0.29, 0.717) is 5.56 Å². The van der Waals surface area contributed by atoms with Gasteiger partial charge in [-0.3, -0.25) is 0 Å². The summed E-state index contributed by atoms with van der Waals surface area (Å²) in [4.78, 5) is 14.5. The highest BCUT2D eigenvalue weighted by molar-refractivity contribution is 5.87. The van der Waals surface area contributed by atoms with Crippen LogP contribution in [0, 0.1) is 5.41 Å². The van der Waals surface area contributed by atoms with Gasteiger partial charge in [0, 0.05) is 22.7 Å². The molecule has 0 saturated carbocycles. The molecule has 1 aromatic heterocycles. The van der Waals surface area contributed by atoms with E-state index in [2.05, 4.69) is 44.8 Å². The average Bonchev–Trinajstić information content (AvgIpc) is 3.11. The average molecular weight is 380 g/mol. The normalized spacial score (nSPS) is 12.9. The van der Waals surface area contributed by atoms with Gasteiger partial charge in [-0.25, -0.2) is 4.79 Å². The summed E-state index contributed by atoms with van der Waals surface area (Å²) in [6.07, 6.45) is 4.64. The van der Waals surface area contributed by atoms with Crippen LogP contribution >= 0.6 is 0 Å². The summed E-state index contributed by atoms with van der Waals surface area (Å²) in [5, 5.41) is 10.4. The lowest BCUT2D eigenvalue weighted by atomic mass is 9.86. The Balaban J connectivity index is 1.98. The van der Waals surface area contributed by atoms with Crippen LogP contribution in [-0.2, 0) is 6.42 Å². The standard InChI is InChI=1S/C24H29NO3/c1-5-6-19-18-13-14-25-20(18)11-12-21(19)28-22(15-24(2,3)4)16-7-9-17(10-8-16)23(26)27/h7-14,22,25H,5-6,15H2,1-4H3,(H,26,27). The van der Waals surface area contributed by atoms with Crippen LogP contribution in [0.15, 0.2) is 48.7 Å². The molecule has 0 aliphatic carbocycles. The topological polar surface area (TPSA) is 62.3 Å². The van der Waals surface area contributed by atoms with Crippen molar-refractivity contribution < 1.29 is 14.6 Å². The van der Waals surface area contributed by atoms with Crippen molar-refractivity contribution in [2.45, 2.75) is 53.1 Å². The van der Waals surface area contributed by atoms with E-state index in [0.717, 1.165) is 36.1 Å². The molecular formula is C24H29NO3. The molecule has 3 rings (SSSR count). The van der Waals surface area contributed by atoms with E-state index < -0.39 is 5.97 Å². The Morgan fingerprint density at radius 1 is 1.11 bits per heavy atom. The van der Waals surface area contributed by atoms with Gasteiger partial charge in [0.15, 0.2) is 0 Å². The van der Waals surface area contributed by atoms with Crippen molar-refractivity contribution in [2.75, 3.05) is 0 Å². The Bertz CT molecular complexity index is 948. The lowest BCUT2D eigenvalue weighted by Crippen LogP contribution is -2.17. The number of aromatic carboxylic acids is 1. The predicted octanol–water partition coefficient (Wildman–Crippen LogP) is 6.37. The summed E-state index contributed by atoms with van der Waals surface area (Å²) in [5.41, 5.74) is 3.70. The molecule has 1 unspecified atom stereocenters. The third-order valence-corrected chi connectivity index (χ3v) is 4.90. The number of hydrogen-bond donors (Lipinski definition) is 2. The molecule has 0 fully saturated rings. The van der Waals surface area contributed by atoms with E-state index >= 15 is 0 Å². The first-order chi connectivity index (χ1) is 13.3. The van der Waals surface area contributed by atoms with Gasteiger partial charge in [0.1, 0.15) is 11.9 Å². The maximum atomic E-state index is 11.2. The zero-order chi connectivity index (χ0) is 20.3. The summed E-state index contributed by atoms with van der Waals surface area (Å²) in [6.45, 7) is 8.75. The van der Waals surface area contributed by atoms with E-state index in [9.17, 15) is 9.90 Å². The van der Waals surface area contributed by atoms with Gasteiger partial charge >= 0.3 is 5.97 Å². The molecule has 0 aliphatic heterocycles. The Kier molecular flexibility index (Phi) is 5.78. The number of nitrogens with one attached hydrogen (secondary N) is 1. The Morgan fingerprint density at radius 2 is 1.82 bits per heavy atom. The highest BCUT2D eigenvalue weighted by Gasteiger charge is 2.23. The molecule has 0 aliphatic rings. The van der Waals surface area contributed by atoms with Crippen molar-refractivity contribution >= 4 is 16.9 Å². The molecule has 148 valence electrons. The maximum Gasteiger partial charge on any atom is 0.335 e. The van der Waals surface area contributed by atoms with Gasteiger partial charge in [0.05, 0.1) is 5.56 Å². The van der Waals surface area contributed by atoms with Crippen LogP contribution in [-0.4, -0.2) is 16.1 Å². The first kappa shape index (κ1) is 20.0. The molecule has 0 bridgehead atoms. The Hall–Kier alpha value is -2.75. The summed E-state index contributed by atoms with van der Waals surface area (Å²) in [7, 11) is 0. The quantitative estimate of drug-likeness (QED) is 0.501. The maximum absolute atomic E-state index is 11.2. The van der Waals surface area contributed by atoms with E-state index in [1.807, 2.05) is 24.4 Å². The second-order valence-electron chi connectivity index (χ2n) is 8.53.